The van der Waals surface area contributed by atoms with E-state index in [0.717, 1.165) is 0 Å². The number of hydrogen-bond donors (Lipinski definition) is 58. The Morgan fingerprint density at radius 2 is 0.0685 bits per heavy atom. The maximum absolute atomic E-state index is 8.74. The number of rotatable bonds is 0. The zero-order valence-electron chi connectivity index (χ0n) is 66.9. The fraction of sp³-hybridized carbons (Fsp3) is 0. The molecule has 0 aromatic carbocycles. The minimum atomic E-state index is -3.63. The van der Waals surface area contributed by atoms with E-state index in [1.807, 2.05) is 0 Å². The van der Waals surface area contributed by atoms with Gasteiger partial charge in [-0.05, 0) is 0 Å². The molecule has 840 valence electrons. The molecule has 0 aliphatic heterocycles. The zero-order chi connectivity index (χ0) is 125. The molecule has 0 amide bonds. The van der Waals surface area contributed by atoms with Gasteiger partial charge in [-0.25, -0.2) is 0 Å². The van der Waals surface area contributed by atoms with E-state index in [9.17, 15) is 0 Å². The van der Waals surface area contributed by atoms with Crippen molar-refractivity contribution in [3.63, 3.8) is 0 Å². The Labute approximate surface area is 1020 Å². The van der Waals surface area contributed by atoms with Crippen molar-refractivity contribution in [2.75, 3.05) is 0 Å². The van der Waals surface area contributed by atoms with Gasteiger partial charge in [0.25, 0.3) is 0 Å². The molecule has 0 unspecified atom stereocenters. The summed E-state index contributed by atoms with van der Waals surface area (Å²) in [5.74, 6) is 0. The fourth-order valence-corrected chi connectivity index (χ4v) is 0. The van der Waals surface area contributed by atoms with E-state index in [-0.39, 0.29) is 226 Å². The molecule has 0 aliphatic carbocycles. The van der Waals surface area contributed by atoms with Gasteiger partial charge < -0.3 is 362 Å². The van der Waals surface area contributed by atoms with Crippen LogP contribution in [0.3, 0.4) is 0 Å². The topological polar surface area (TPSA) is 2050 Å². The van der Waals surface area contributed by atoms with Gasteiger partial charge in [-0.1, -0.05) is 0 Å². The van der Waals surface area contributed by atoms with Crippen molar-refractivity contribution in [3.8, 4) is 0 Å². The molecule has 58 N–H and O–H groups in total. The average molecular weight is 2960 g/mol. The Balaban J connectivity index is -0.0000000199. The maximum Gasteiger partial charge on any atom is 2.00 e. The van der Waals surface area contributed by atoms with Crippen molar-refractivity contribution in [1.29, 1.82) is 0 Å². The third-order valence-corrected chi connectivity index (χ3v) is 0. The quantitative estimate of drug-likeness (QED) is 0.100. The normalized spacial score (nSPS) is 5.75. The summed E-state index contributed by atoms with van der Waals surface area (Å²) in [4.78, 5) is 517. The second kappa shape index (κ2) is 270. The minimum absolute atomic E-state index is 0. The molecule has 0 rings (SSSR count). The molecule has 105 nitrogen and oxygen atoms in total. The predicted molar refractivity (Wildman–Crippen MR) is 389 cm³/mol. The van der Waals surface area contributed by atoms with Crippen LogP contribution < -0.4 is 57.5 Å². The zero-order valence-corrected chi connectivity index (χ0v) is 115. The van der Waals surface area contributed by atoms with Crippen LogP contribution in [0.4, 0.5) is 0 Å². The average Bonchev–Trinajstić information content (AvgIpc) is 3.40. The van der Waals surface area contributed by atoms with Crippen LogP contribution in [0.1, 0.15) is 0 Å². The van der Waals surface area contributed by atoms with E-state index in [2.05, 4.69) is 0 Å². The Kier molecular flexibility index (Phi) is 511. The van der Waals surface area contributed by atoms with Crippen LogP contribution in [0, 0.1) is 0 Å². The summed E-state index contributed by atoms with van der Waals surface area (Å²) in [6, 6.07) is 0. The van der Waals surface area contributed by atoms with Gasteiger partial charge in [-0.15, -0.1) is 0 Å². The van der Waals surface area contributed by atoms with Gasteiger partial charge in [-0.2, -0.15) is 0 Å². The van der Waals surface area contributed by atoms with Gasteiger partial charge in [0, 0.05) is 55.0 Å². The molecule has 0 saturated heterocycles. The van der Waals surface area contributed by atoms with Gasteiger partial charge >= 0.3 is 492 Å². The summed E-state index contributed by atoms with van der Waals surface area (Å²) >= 11 is 0. The van der Waals surface area contributed by atoms with Gasteiger partial charge in [0.05, 0.1) is 0 Å². The van der Waals surface area contributed by atoms with Crippen LogP contribution >= 0.6 is 0 Å². The van der Waals surface area contributed by atoms with E-state index < -0.39 is 321 Å². The van der Waals surface area contributed by atoms with E-state index in [4.69, 9.17) is 492 Å². The Morgan fingerprint density at radius 1 is 0.0685 bits per heavy atom. The molecule has 0 saturated carbocycles. The van der Waals surface area contributed by atoms with Gasteiger partial charge in [0.15, 0.2) is 0 Å². The van der Waals surface area contributed by atoms with E-state index >= 15 is 0 Å². The SMILES string of the molecule is O=[Si](O)O.O=[Si](O)O.O=[Si](O)O.O=[Si](O)O.O=[Si](O)O.O=[Si](O)O.O=[Si](O)O.O=[Si](O)O.O=[Si](O)O.O=[Si](O)O.O=[Si](O)O.O=[Si](O)O.O=[Si](O)O.O=[Si](O)O.O=[Si](O)O.O=[Si](O)O.O=[Si](O)O.O=[Si](O)O.O=[Si](O)O.O=[Si](O)O.O=[Si](O)O.O=[Si](O)O.O=[Si](O)O.O=[Si](O)O.O=[Si](O)O.O=[Si](O)O.O=[Si](O)O.O=[Si](O)O.O=[Si](O)O.O=[Si]([O-])[O-].O=[Si]([O-])[O-].O=[Si]([O-])[O-].O=[Si]([O-])[O-].O=[Si]([O-])[O-].O=[Si]([O-])[O-].[Ca+2].[Ca+2].[Ca+2].[Ca+2].[Ca+2].[Ca+2]. The maximum atomic E-state index is 8.74. The molecule has 0 spiro atoms. The van der Waals surface area contributed by atoms with Crippen LogP contribution in [0.2, 0.25) is 0 Å². The minimum Gasteiger partial charge on any atom is -0.672 e. The van der Waals surface area contributed by atoms with E-state index in [0.29, 0.717) is 0 Å². The van der Waals surface area contributed by atoms with Crippen molar-refractivity contribution in [3.05, 3.63) is 0 Å². The van der Waals surface area contributed by atoms with Gasteiger partial charge in [0.2, 0.25) is 0 Å². The van der Waals surface area contributed by atoms with Crippen LogP contribution in [0.15, 0.2) is 0 Å². The van der Waals surface area contributed by atoms with Crippen LogP contribution in [-0.4, -0.2) is 826 Å². The van der Waals surface area contributed by atoms with Crippen LogP contribution in [0.5, 0.6) is 0 Å². The summed E-state index contributed by atoms with van der Waals surface area (Å²) in [7, 11) is -113. The van der Waals surface area contributed by atoms with Gasteiger partial charge in [0.1, 0.15) is 0 Å². The Morgan fingerprint density at radius 3 is 0.0685 bits per heavy atom. The van der Waals surface area contributed by atoms with Crippen molar-refractivity contribution in [2.24, 2.45) is 0 Å². The smallest absolute Gasteiger partial charge is 0.672 e. The first-order valence-electron chi connectivity index (χ1n) is 22.6. The molecule has 0 radical (unpaired) electrons. The summed E-state index contributed by atoms with van der Waals surface area (Å²) in [6.45, 7) is 0. The van der Waals surface area contributed by atoms with Gasteiger partial charge in [-0.3, -0.25) is 129 Å². The van der Waals surface area contributed by atoms with Crippen LogP contribution in [0.25, 0.3) is 0 Å². The molecule has 146 heteroatoms. The second-order valence-electron chi connectivity index (χ2n) is 9.69. The summed E-state index contributed by atoms with van der Waals surface area (Å²) in [6.07, 6.45) is 0. The summed E-state index contributed by atoms with van der Waals surface area (Å²) < 4.78 is 305. The van der Waals surface area contributed by atoms with Crippen molar-refractivity contribution < 1.29 is 492 Å². The molecule has 146 heavy (non-hydrogen) atoms. The van der Waals surface area contributed by atoms with Crippen molar-refractivity contribution in [2.45, 2.75) is 0 Å². The molecule has 0 bridgehead atoms. The van der Waals surface area contributed by atoms with Crippen molar-refractivity contribution in [1.82, 2.24) is 0 Å². The largest absolute Gasteiger partial charge is 2.00 e. The summed E-state index contributed by atoms with van der Waals surface area (Å²) in [5.41, 5.74) is 0. The second-order valence-corrected chi connectivity index (χ2v) is 29.1. The first-order chi connectivity index (χ1) is 60.6. The van der Waals surface area contributed by atoms with E-state index in [1.54, 1.807) is 0 Å². The van der Waals surface area contributed by atoms with Crippen molar-refractivity contribution >= 4 is 547 Å². The first kappa shape index (κ1) is 276. The molecule has 0 heterocycles. The molecular formula is H58Ca6O105Si35. The molecule has 0 aromatic heterocycles. The predicted octanol–water partition coefficient (Wildman–Crippen LogP) is -66.3. The molecule has 0 fully saturated rings. The molecule has 0 aromatic rings. The molecule has 0 atom stereocenters. The van der Waals surface area contributed by atoms with Crippen LogP contribution in [-0.2, 0) is 156 Å². The Bertz CT molecular complexity index is 2030. The summed E-state index contributed by atoms with van der Waals surface area (Å²) in [5, 5.41) is 0. The van der Waals surface area contributed by atoms with E-state index in [1.165, 1.54) is 0 Å². The molecule has 0 aliphatic rings. The Hall–Kier alpha value is -5.85. The third-order valence-electron chi connectivity index (χ3n) is 0. The fourth-order valence-electron chi connectivity index (χ4n) is 0. The monoisotopic (exact) mass is 2960 g/mol. The number of hydrogen-bond acceptors (Lipinski definition) is 47. The molecular weight excluding hydrogens is 2900 g/mol. The standard InChI is InChI=1S/6Ca.29H2O3Si.6O3Si/c;;;;;;35*1-4(2)3/h;;;;;;29*1-2H;;;;;;/q6*+2;;;;;;;;;;;;;;;;;;;;;;;;;;;;;;6*-2. The first-order valence-corrected chi connectivity index (χ1v) is 67.7. The third kappa shape index (κ3) is 75900.